The minimum Gasteiger partial charge on any atom is -0.353 e. The summed E-state index contributed by atoms with van der Waals surface area (Å²) in [5.41, 5.74) is 1.57. The molecule has 1 aromatic rings. The average molecular weight is 398 g/mol. The van der Waals surface area contributed by atoms with Crippen molar-refractivity contribution in [2.45, 2.75) is 63.8 Å². The minimum absolute atomic E-state index is 0.00641. The van der Waals surface area contributed by atoms with Gasteiger partial charge in [-0.15, -0.1) is 10.2 Å². The van der Waals surface area contributed by atoms with Crippen molar-refractivity contribution < 1.29 is 4.79 Å². The smallest absolute Gasteiger partial charge is 0.272 e. The number of aromatic nitrogens is 2. The maximum atomic E-state index is 13.4. The molecule has 0 aromatic carbocycles. The van der Waals surface area contributed by atoms with Crippen molar-refractivity contribution in [3.8, 4) is 0 Å². The first kappa shape index (κ1) is 19.3. The second kappa shape index (κ2) is 7.22. The van der Waals surface area contributed by atoms with Crippen LogP contribution in [0.15, 0.2) is 6.07 Å². The molecule has 4 bridgehead atoms. The van der Waals surface area contributed by atoms with Crippen LogP contribution in [-0.2, 0) is 0 Å². The Morgan fingerprint density at radius 3 is 2.17 bits per heavy atom. The van der Waals surface area contributed by atoms with Crippen LogP contribution in [0.1, 0.15) is 74.3 Å². The Bertz CT molecular complexity index is 748. The third-order valence-corrected chi connectivity index (χ3v) is 7.89. The van der Waals surface area contributed by atoms with Crippen molar-refractivity contribution in [1.29, 1.82) is 0 Å². The molecule has 1 amide bonds. The fourth-order valence-corrected chi connectivity index (χ4v) is 6.77. The quantitative estimate of drug-likeness (QED) is 0.846. The number of amides is 1. The fraction of sp³-hybridized carbons (Fsp3) is 0.783. The molecule has 0 spiro atoms. The van der Waals surface area contributed by atoms with E-state index in [1.807, 2.05) is 0 Å². The summed E-state index contributed by atoms with van der Waals surface area (Å²) >= 11 is 0. The Labute approximate surface area is 174 Å². The summed E-state index contributed by atoms with van der Waals surface area (Å²) in [6.45, 7) is 8.28. The average Bonchev–Trinajstić information content (AvgIpc) is 2.66. The topological polar surface area (TPSA) is 61.4 Å². The summed E-state index contributed by atoms with van der Waals surface area (Å²) in [6.07, 6.45) is 7.63. The predicted octanol–water partition coefficient (Wildman–Crippen LogP) is 3.05. The molecule has 0 radical (unpaired) electrons. The van der Waals surface area contributed by atoms with Gasteiger partial charge in [0.1, 0.15) is 0 Å². The molecule has 6 rings (SSSR count). The normalized spacial score (nSPS) is 34.1. The summed E-state index contributed by atoms with van der Waals surface area (Å²) in [4.78, 5) is 18.0. The largest absolute Gasteiger partial charge is 0.353 e. The van der Waals surface area contributed by atoms with E-state index in [1.54, 1.807) is 0 Å². The molecule has 1 N–H and O–H groups in total. The summed E-state index contributed by atoms with van der Waals surface area (Å²) in [7, 11) is 2.15. The zero-order valence-electron chi connectivity index (χ0n) is 18.2. The molecule has 5 aliphatic rings. The van der Waals surface area contributed by atoms with Gasteiger partial charge in [0.05, 0.1) is 0 Å². The van der Waals surface area contributed by atoms with E-state index in [0.717, 1.165) is 74.6 Å². The fourth-order valence-electron chi connectivity index (χ4n) is 6.77. The number of anilines is 1. The lowest BCUT2D eigenvalue weighted by atomic mass is 9.53. The molecule has 1 aromatic heterocycles. The van der Waals surface area contributed by atoms with Crippen molar-refractivity contribution in [3.05, 3.63) is 17.3 Å². The van der Waals surface area contributed by atoms with Crippen LogP contribution < -0.4 is 10.2 Å². The van der Waals surface area contributed by atoms with Crippen molar-refractivity contribution in [2.75, 3.05) is 38.1 Å². The highest BCUT2D eigenvalue weighted by Crippen LogP contribution is 2.55. The van der Waals surface area contributed by atoms with Gasteiger partial charge in [-0.05, 0) is 80.9 Å². The standard InChI is InChI=1S/C23H35N5O/c1-15(2)19-11-20(28-6-4-27(3)5-7-28)25-26-21(19)22(29)24-23-12-16-8-17(13-23)10-18(9-16)14-23/h11,15-18H,4-10,12-14H2,1-3H3,(H,24,29). The molecule has 29 heavy (non-hydrogen) atoms. The van der Waals surface area contributed by atoms with Crippen LogP contribution >= 0.6 is 0 Å². The van der Waals surface area contributed by atoms with Crippen LogP contribution in [0, 0.1) is 17.8 Å². The van der Waals surface area contributed by atoms with Crippen molar-refractivity contribution >= 4 is 11.7 Å². The Morgan fingerprint density at radius 1 is 1.03 bits per heavy atom. The number of nitrogens with zero attached hydrogens (tertiary/aromatic N) is 4. The van der Waals surface area contributed by atoms with Gasteiger partial charge in [0.2, 0.25) is 0 Å². The van der Waals surface area contributed by atoms with Crippen molar-refractivity contribution in [1.82, 2.24) is 20.4 Å². The predicted molar refractivity (Wildman–Crippen MR) is 114 cm³/mol. The zero-order valence-corrected chi connectivity index (χ0v) is 18.2. The molecule has 4 saturated carbocycles. The molecule has 2 heterocycles. The zero-order chi connectivity index (χ0) is 20.2. The summed E-state index contributed by atoms with van der Waals surface area (Å²) in [5, 5.41) is 12.4. The van der Waals surface area contributed by atoms with Gasteiger partial charge in [0.25, 0.3) is 5.91 Å². The van der Waals surface area contributed by atoms with Crippen LogP contribution in [0.3, 0.4) is 0 Å². The summed E-state index contributed by atoms with van der Waals surface area (Å²) < 4.78 is 0. The van der Waals surface area contributed by atoms with Crippen LogP contribution in [0.2, 0.25) is 0 Å². The van der Waals surface area contributed by atoms with E-state index < -0.39 is 0 Å². The number of carbonyl (C=O) groups excluding carboxylic acids is 1. The van der Waals surface area contributed by atoms with Crippen LogP contribution in [-0.4, -0.2) is 59.8 Å². The second-order valence-corrected chi connectivity index (χ2v) is 10.6. The number of piperazine rings is 1. The maximum absolute atomic E-state index is 13.4. The first-order chi connectivity index (χ1) is 13.9. The van der Waals surface area contributed by atoms with E-state index in [9.17, 15) is 4.79 Å². The highest BCUT2D eigenvalue weighted by atomic mass is 16.2. The Kier molecular flexibility index (Phi) is 4.80. The van der Waals surface area contributed by atoms with Crippen molar-refractivity contribution in [3.63, 3.8) is 0 Å². The van der Waals surface area contributed by atoms with Gasteiger partial charge in [-0.2, -0.15) is 0 Å². The van der Waals surface area contributed by atoms with E-state index in [1.165, 1.54) is 19.3 Å². The number of hydrogen-bond acceptors (Lipinski definition) is 5. The summed E-state index contributed by atoms with van der Waals surface area (Å²) in [6, 6.07) is 2.11. The van der Waals surface area contributed by atoms with Gasteiger partial charge < -0.3 is 15.1 Å². The van der Waals surface area contributed by atoms with Gasteiger partial charge in [-0.3, -0.25) is 4.79 Å². The van der Waals surface area contributed by atoms with Gasteiger partial charge in [-0.1, -0.05) is 13.8 Å². The molecule has 0 unspecified atom stereocenters. The third-order valence-electron chi connectivity index (χ3n) is 7.89. The number of carbonyl (C=O) groups is 1. The van der Waals surface area contributed by atoms with E-state index in [2.05, 4.69) is 52.3 Å². The molecule has 0 atom stereocenters. The first-order valence-corrected chi connectivity index (χ1v) is 11.5. The SMILES string of the molecule is CC(C)c1cc(N2CCN(C)CC2)nnc1C(=O)NC12CC3CC(CC(C3)C1)C2. The molecule has 4 aliphatic carbocycles. The van der Waals surface area contributed by atoms with Gasteiger partial charge in [0, 0.05) is 31.7 Å². The molecular weight excluding hydrogens is 362 g/mol. The van der Waals surface area contributed by atoms with E-state index in [4.69, 9.17) is 0 Å². The highest BCUT2D eigenvalue weighted by molar-refractivity contribution is 5.94. The van der Waals surface area contributed by atoms with Crippen LogP contribution in [0.5, 0.6) is 0 Å². The molecule has 6 heteroatoms. The Morgan fingerprint density at radius 2 is 1.62 bits per heavy atom. The molecule has 1 aliphatic heterocycles. The van der Waals surface area contributed by atoms with E-state index in [-0.39, 0.29) is 17.4 Å². The van der Waals surface area contributed by atoms with E-state index in [0.29, 0.717) is 5.69 Å². The third kappa shape index (κ3) is 3.65. The molecule has 1 saturated heterocycles. The van der Waals surface area contributed by atoms with Gasteiger partial charge >= 0.3 is 0 Å². The molecule has 5 fully saturated rings. The molecular formula is C23H35N5O. The highest BCUT2D eigenvalue weighted by Gasteiger charge is 2.51. The second-order valence-electron chi connectivity index (χ2n) is 10.6. The lowest BCUT2D eigenvalue weighted by Crippen LogP contribution is -2.60. The number of likely N-dealkylation sites (N-methyl/N-ethyl adjacent to an activating group) is 1. The Balaban J connectivity index is 1.36. The lowest BCUT2D eigenvalue weighted by Gasteiger charge is -2.56. The summed E-state index contributed by atoms with van der Waals surface area (Å²) in [5.74, 6) is 3.60. The van der Waals surface area contributed by atoms with Crippen molar-refractivity contribution in [2.24, 2.45) is 17.8 Å². The molecule has 6 nitrogen and oxygen atoms in total. The molecule has 158 valence electrons. The Hall–Kier alpha value is -1.69. The maximum Gasteiger partial charge on any atom is 0.272 e. The van der Waals surface area contributed by atoms with Gasteiger partial charge in [-0.25, -0.2) is 0 Å². The monoisotopic (exact) mass is 397 g/mol. The van der Waals surface area contributed by atoms with Crippen LogP contribution in [0.25, 0.3) is 0 Å². The number of nitrogens with one attached hydrogen (secondary N) is 1. The van der Waals surface area contributed by atoms with Crippen LogP contribution in [0.4, 0.5) is 5.82 Å². The lowest BCUT2D eigenvalue weighted by molar-refractivity contribution is -0.0168. The number of rotatable bonds is 4. The van der Waals surface area contributed by atoms with Gasteiger partial charge in [0.15, 0.2) is 11.5 Å². The minimum atomic E-state index is -0.00641. The van der Waals surface area contributed by atoms with E-state index >= 15 is 0 Å². The number of hydrogen-bond donors (Lipinski definition) is 1. The first-order valence-electron chi connectivity index (χ1n) is 11.5.